The fraction of sp³-hybridized carbons (Fsp3) is 0.250. The Morgan fingerprint density at radius 3 is 2.71 bits per heavy atom. The summed E-state index contributed by atoms with van der Waals surface area (Å²) in [5, 5.41) is 20.0. The van der Waals surface area contributed by atoms with Crippen molar-refractivity contribution in [3.63, 3.8) is 0 Å². The number of rotatable bonds is 3. The van der Waals surface area contributed by atoms with E-state index in [2.05, 4.69) is 10.3 Å². The molecule has 1 aromatic rings. The smallest absolute Gasteiger partial charge is 0.423 e. The second kappa shape index (κ2) is 4.73. The summed E-state index contributed by atoms with van der Waals surface area (Å²) in [7, 11) is 0.0327. The van der Waals surface area contributed by atoms with E-state index in [9.17, 15) is 4.79 Å². The highest BCUT2D eigenvalue weighted by Gasteiger charge is 2.11. The van der Waals surface area contributed by atoms with Crippen molar-refractivity contribution < 1.29 is 14.8 Å². The predicted octanol–water partition coefficient (Wildman–Crippen LogP) is -1.95. The first-order valence-corrected chi connectivity index (χ1v) is 4.15. The first-order chi connectivity index (χ1) is 6.63. The van der Waals surface area contributed by atoms with Gasteiger partial charge in [0.1, 0.15) is 0 Å². The van der Waals surface area contributed by atoms with Crippen LogP contribution in [0, 0.1) is 0 Å². The molecule has 0 saturated heterocycles. The zero-order valence-electron chi connectivity index (χ0n) is 7.77. The van der Waals surface area contributed by atoms with Crippen LogP contribution in [0.15, 0.2) is 18.3 Å². The number of aromatic nitrogens is 1. The maximum Gasteiger partial charge on any atom is 0.490 e. The van der Waals surface area contributed by atoms with Crippen molar-refractivity contribution in [3.8, 4) is 0 Å². The third-order valence-corrected chi connectivity index (χ3v) is 1.77. The lowest BCUT2D eigenvalue weighted by atomic mass is 9.81. The lowest BCUT2D eigenvalue weighted by Crippen LogP contribution is -2.30. The Hall–Kier alpha value is -1.40. The van der Waals surface area contributed by atoms with Crippen LogP contribution < -0.4 is 10.8 Å². The molecule has 1 aromatic heterocycles. The summed E-state index contributed by atoms with van der Waals surface area (Å²) in [5.74, 6) is -0.130. The minimum absolute atomic E-state index is 0.130. The van der Waals surface area contributed by atoms with Crippen LogP contribution >= 0.6 is 0 Å². The van der Waals surface area contributed by atoms with Crippen LogP contribution in [-0.2, 0) is 11.2 Å². The minimum atomic E-state index is -1.52. The summed E-state index contributed by atoms with van der Waals surface area (Å²) in [6.45, 7) is 0. The summed E-state index contributed by atoms with van der Waals surface area (Å²) in [6.07, 6.45) is 1.53. The van der Waals surface area contributed by atoms with Gasteiger partial charge in [0.25, 0.3) is 0 Å². The minimum Gasteiger partial charge on any atom is -0.423 e. The molecule has 1 rings (SSSR count). The van der Waals surface area contributed by atoms with Crippen molar-refractivity contribution in [2.45, 2.75) is 6.42 Å². The lowest BCUT2D eigenvalue weighted by Gasteiger charge is -2.01. The van der Waals surface area contributed by atoms with E-state index in [0.717, 1.165) is 0 Å². The van der Waals surface area contributed by atoms with E-state index >= 15 is 0 Å². The number of likely N-dealkylation sites (N-methyl/N-ethyl adjacent to an activating group) is 1. The molecular weight excluding hydrogens is 183 g/mol. The van der Waals surface area contributed by atoms with E-state index in [1.807, 2.05) is 0 Å². The van der Waals surface area contributed by atoms with Gasteiger partial charge in [-0.15, -0.1) is 0 Å². The van der Waals surface area contributed by atoms with E-state index in [1.165, 1.54) is 12.3 Å². The molecule has 0 atom stereocenters. The number of nitrogens with zero attached hydrogens (tertiary/aromatic N) is 1. The summed E-state index contributed by atoms with van der Waals surface area (Å²) in [4.78, 5) is 14.9. The first-order valence-electron chi connectivity index (χ1n) is 4.15. The van der Waals surface area contributed by atoms with E-state index in [1.54, 1.807) is 13.1 Å². The van der Waals surface area contributed by atoms with Gasteiger partial charge in [0.2, 0.25) is 5.91 Å². The van der Waals surface area contributed by atoms with Crippen molar-refractivity contribution in [3.05, 3.63) is 24.0 Å². The van der Waals surface area contributed by atoms with Gasteiger partial charge < -0.3 is 15.4 Å². The second-order valence-electron chi connectivity index (χ2n) is 2.81. The Morgan fingerprint density at radius 1 is 1.57 bits per heavy atom. The molecule has 0 saturated carbocycles. The number of hydrogen-bond donors (Lipinski definition) is 3. The van der Waals surface area contributed by atoms with Crippen molar-refractivity contribution in [1.29, 1.82) is 0 Å². The zero-order chi connectivity index (χ0) is 10.6. The lowest BCUT2D eigenvalue weighted by molar-refractivity contribution is -0.120. The van der Waals surface area contributed by atoms with Gasteiger partial charge in [-0.25, -0.2) is 0 Å². The predicted molar refractivity (Wildman–Crippen MR) is 51.8 cm³/mol. The monoisotopic (exact) mass is 194 g/mol. The molecule has 0 aliphatic heterocycles. The Bertz CT molecular complexity index is 313. The molecule has 0 aliphatic carbocycles. The molecule has 6 heteroatoms. The van der Waals surface area contributed by atoms with Crippen molar-refractivity contribution in [2.24, 2.45) is 0 Å². The van der Waals surface area contributed by atoms with Crippen molar-refractivity contribution >= 4 is 18.5 Å². The Morgan fingerprint density at radius 2 is 2.29 bits per heavy atom. The van der Waals surface area contributed by atoms with Crippen LogP contribution in [0.1, 0.15) is 5.69 Å². The fourth-order valence-corrected chi connectivity index (χ4v) is 0.946. The summed E-state index contributed by atoms with van der Waals surface area (Å²) in [5.41, 5.74) is 0.902. The number of nitrogens with one attached hydrogen (secondary N) is 1. The average Bonchev–Trinajstić information content (AvgIpc) is 2.18. The van der Waals surface area contributed by atoms with Gasteiger partial charge in [0, 0.05) is 24.4 Å². The maximum atomic E-state index is 11.0. The quantitative estimate of drug-likeness (QED) is 0.488. The molecule has 0 unspecified atom stereocenters. The number of pyridine rings is 1. The topological polar surface area (TPSA) is 82.5 Å². The molecule has 0 aromatic carbocycles. The number of hydrogen-bond acceptors (Lipinski definition) is 4. The Kier molecular flexibility index (Phi) is 3.61. The van der Waals surface area contributed by atoms with Gasteiger partial charge in [-0.05, 0) is 6.07 Å². The average molecular weight is 194 g/mol. The number of carbonyl (C=O) groups excluding carboxylic acids is 1. The van der Waals surface area contributed by atoms with Gasteiger partial charge >= 0.3 is 7.12 Å². The van der Waals surface area contributed by atoms with Crippen molar-refractivity contribution in [1.82, 2.24) is 10.3 Å². The highest BCUT2D eigenvalue weighted by Crippen LogP contribution is 1.93. The van der Waals surface area contributed by atoms with Crippen LogP contribution in [0.25, 0.3) is 0 Å². The van der Waals surface area contributed by atoms with Crippen molar-refractivity contribution in [2.75, 3.05) is 7.05 Å². The third-order valence-electron chi connectivity index (χ3n) is 1.77. The zero-order valence-corrected chi connectivity index (χ0v) is 7.77. The van der Waals surface area contributed by atoms with Crippen LogP contribution in [0.3, 0.4) is 0 Å². The third kappa shape index (κ3) is 2.83. The van der Waals surface area contributed by atoms with Crippen LogP contribution in [-0.4, -0.2) is 35.1 Å². The molecular formula is C8H11BN2O3. The molecule has 14 heavy (non-hydrogen) atoms. The Labute approximate surface area is 81.9 Å². The SMILES string of the molecule is CNC(=O)Cc1ccc(B(O)O)cn1. The number of carbonyl (C=O) groups is 1. The largest absolute Gasteiger partial charge is 0.490 e. The molecule has 0 bridgehead atoms. The Balaban J connectivity index is 2.69. The van der Waals surface area contributed by atoms with E-state index in [-0.39, 0.29) is 12.3 Å². The van der Waals surface area contributed by atoms with Gasteiger partial charge in [-0.2, -0.15) is 0 Å². The summed E-state index contributed by atoms with van der Waals surface area (Å²) >= 11 is 0. The molecule has 1 heterocycles. The normalized spacial score (nSPS) is 9.64. The molecule has 3 N–H and O–H groups in total. The fourth-order valence-electron chi connectivity index (χ4n) is 0.946. The maximum absolute atomic E-state index is 11.0. The second-order valence-corrected chi connectivity index (χ2v) is 2.81. The van der Waals surface area contributed by atoms with E-state index in [4.69, 9.17) is 10.0 Å². The van der Waals surface area contributed by atoms with Crippen LogP contribution in [0.4, 0.5) is 0 Å². The molecule has 1 amide bonds. The summed E-state index contributed by atoms with van der Waals surface area (Å²) in [6, 6.07) is 3.11. The highest BCUT2D eigenvalue weighted by atomic mass is 16.4. The standard InChI is InChI=1S/C8H11BN2O3/c1-10-8(12)4-7-3-2-6(5-11-7)9(13)14/h2-3,5,13-14H,4H2,1H3,(H,10,12). The summed E-state index contributed by atoms with van der Waals surface area (Å²) < 4.78 is 0. The van der Waals surface area contributed by atoms with Crippen LogP contribution in [0.2, 0.25) is 0 Å². The van der Waals surface area contributed by atoms with Gasteiger partial charge in [-0.3, -0.25) is 9.78 Å². The number of amides is 1. The molecule has 0 spiro atoms. The molecule has 74 valence electrons. The van der Waals surface area contributed by atoms with E-state index in [0.29, 0.717) is 11.2 Å². The van der Waals surface area contributed by atoms with Gasteiger partial charge in [-0.1, -0.05) is 6.07 Å². The highest BCUT2D eigenvalue weighted by molar-refractivity contribution is 6.58. The van der Waals surface area contributed by atoms with Gasteiger partial charge in [0.05, 0.1) is 6.42 Å². The molecule has 0 aliphatic rings. The molecule has 0 radical (unpaired) electrons. The molecule has 5 nitrogen and oxygen atoms in total. The first kappa shape index (κ1) is 10.7. The van der Waals surface area contributed by atoms with Gasteiger partial charge in [0.15, 0.2) is 0 Å². The molecule has 0 fully saturated rings. The van der Waals surface area contributed by atoms with Crippen LogP contribution in [0.5, 0.6) is 0 Å². The van der Waals surface area contributed by atoms with E-state index < -0.39 is 7.12 Å².